The highest BCUT2D eigenvalue weighted by Gasteiger charge is 2.31. The molecule has 0 saturated carbocycles. The van der Waals surface area contributed by atoms with E-state index in [0.717, 1.165) is 19.4 Å². The molecule has 0 spiro atoms. The largest absolute Gasteiger partial charge is 0.493 e. The minimum atomic E-state index is -0.0867. The molecule has 4 rings (SSSR count). The van der Waals surface area contributed by atoms with E-state index in [9.17, 15) is 9.59 Å². The first-order chi connectivity index (χ1) is 14.7. The molecule has 8 heteroatoms. The molecule has 1 unspecified atom stereocenters. The van der Waals surface area contributed by atoms with Crippen LogP contribution in [0.25, 0.3) is 0 Å². The number of ether oxygens (including phenoxy) is 3. The third-order valence-electron chi connectivity index (χ3n) is 5.51. The summed E-state index contributed by atoms with van der Waals surface area (Å²) in [6.07, 6.45) is 1.98. The summed E-state index contributed by atoms with van der Waals surface area (Å²) in [5, 5.41) is 2.05. The van der Waals surface area contributed by atoms with Crippen molar-refractivity contribution in [2.24, 2.45) is 0 Å². The van der Waals surface area contributed by atoms with E-state index in [-0.39, 0.29) is 24.5 Å². The second-order valence-corrected chi connectivity index (χ2v) is 8.30. The standard InChI is InChI=1S/C22H26N2O5S/c1-27-19-14-16(22(26)24-8-2-4-17(24)20-5-3-13-30-20)6-7-18(19)29-15-21(25)23-9-11-28-12-10-23/h3,5-7,13-14,17H,2,4,8-12,15H2,1H3. The van der Waals surface area contributed by atoms with Crippen molar-refractivity contribution < 1.29 is 23.8 Å². The third kappa shape index (κ3) is 4.44. The Hall–Kier alpha value is -2.58. The smallest absolute Gasteiger partial charge is 0.260 e. The van der Waals surface area contributed by atoms with E-state index in [1.807, 2.05) is 16.3 Å². The number of rotatable bonds is 6. The van der Waals surface area contributed by atoms with Gasteiger partial charge in [0.15, 0.2) is 18.1 Å². The molecule has 0 radical (unpaired) electrons. The van der Waals surface area contributed by atoms with Crippen LogP contribution in [0.1, 0.15) is 34.1 Å². The van der Waals surface area contributed by atoms with Crippen LogP contribution in [0.4, 0.5) is 0 Å². The average Bonchev–Trinajstić information content (AvgIpc) is 3.49. The molecule has 30 heavy (non-hydrogen) atoms. The number of hydrogen-bond donors (Lipinski definition) is 0. The number of amides is 2. The van der Waals surface area contributed by atoms with Crippen LogP contribution in [0.2, 0.25) is 0 Å². The van der Waals surface area contributed by atoms with Crippen molar-refractivity contribution >= 4 is 23.2 Å². The first-order valence-corrected chi connectivity index (χ1v) is 11.1. The molecule has 2 aliphatic rings. The van der Waals surface area contributed by atoms with Crippen LogP contribution in [0, 0.1) is 0 Å². The maximum Gasteiger partial charge on any atom is 0.260 e. The van der Waals surface area contributed by atoms with Crippen LogP contribution in [-0.4, -0.2) is 68.2 Å². The lowest BCUT2D eigenvalue weighted by atomic mass is 10.1. The zero-order valence-corrected chi connectivity index (χ0v) is 17.9. The highest BCUT2D eigenvalue weighted by Crippen LogP contribution is 2.36. The van der Waals surface area contributed by atoms with Gasteiger partial charge < -0.3 is 24.0 Å². The second kappa shape index (κ2) is 9.49. The Labute approximate surface area is 180 Å². The summed E-state index contributed by atoms with van der Waals surface area (Å²) < 4.78 is 16.4. The van der Waals surface area contributed by atoms with E-state index in [1.54, 1.807) is 34.4 Å². The van der Waals surface area contributed by atoms with E-state index in [0.29, 0.717) is 43.4 Å². The molecule has 2 aromatic rings. The molecule has 3 heterocycles. The molecule has 2 saturated heterocycles. The summed E-state index contributed by atoms with van der Waals surface area (Å²) in [6, 6.07) is 9.38. The molecule has 0 aliphatic carbocycles. The van der Waals surface area contributed by atoms with Gasteiger partial charge in [-0.2, -0.15) is 0 Å². The van der Waals surface area contributed by atoms with Gasteiger partial charge in [0.2, 0.25) is 0 Å². The van der Waals surface area contributed by atoms with E-state index < -0.39 is 0 Å². The molecule has 2 aliphatic heterocycles. The monoisotopic (exact) mass is 430 g/mol. The quantitative estimate of drug-likeness (QED) is 0.705. The third-order valence-corrected chi connectivity index (χ3v) is 6.48. The first kappa shape index (κ1) is 20.7. The first-order valence-electron chi connectivity index (χ1n) is 10.2. The van der Waals surface area contributed by atoms with Gasteiger partial charge in [-0.3, -0.25) is 9.59 Å². The molecular weight excluding hydrogens is 404 g/mol. The molecule has 0 bridgehead atoms. The predicted molar refractivity (Wildman–Crippen MR) is 113 cm³/mol. The number of thiophene rings is 1. The zero-order valence-electron chi connectivity index (χ0n) is 17.0. The van der Waals surface area contributed by atoms with E-state index in [2.05, 4.69) is 6.07 Å². The van der Waals surface area contributed by atoms with E-state index >= 15 is 0 Å². The summed E-state index contributed by atoms with van der Waals surface area (Å²) in [5.74, 6) is 0.797. The number of morpholine rings is 1. The van der Waals surface area contributed by atoms with Gasteiger partial charge in [0.25, 0.3) is 11.8 Å². The van der Waals surface area contributed by atoms with Gasteiger partial charge in [0, 0.05) is 30.1 Å². The summed E-state index contributed by atoms with van der Waals surface area (Å²) in [4.78, 5) is 30.4. The van der Waals surface area contributed by atoms with Crippen molar-refractivity contribution in [3.63, 3.8) is 0 Å². The van der Waals surface area contributed by atoms with Gasteiger partial charge in [0.1, 0.15) is 0 Å². The molecule has 1 aromatic carbocycles. The Morgan fingerprint density at radius 1 is 1.17 bits per heavy atom. The number of benzene rings is 1. The molecule has 1 aromatic heterocycles. The fourth-order valence-corrected chi connectivity index (χ4v) is 4.79. The van der Waals surface area contributed by atoms with Crippen LogP contribution < -0.4 is 9.47 Å². The summed E-state index contributed by atoms with van der Waals surface area (Å²) in [5.41, 5.74) is 0.558. The molecule has 0 N–H and O–H groups in total. The van der Waals surface area contributed by atoms with Gasteiger partial charge in [-0.15, -0.1) is 11.3 Å². The summed E-state index contributed by atoms with van der Waals surface area (Å²) in [7, 11) is 1.53. The Morgan fingerprint density at radius 2 is 2.00 bits per heavy atom. The molecule has 7 nitrogen and oxygen atoms in total. The normalized spacial score (nSPS) is 19.0. The molecule has 160 valence electrons. The van der Waals surface area contributed by atoms with Gasteiger partial charge in [-0.1, -0.05) is 6.07 Å². The van der Waals surface area contributed by atoms with Crippen LogP contribution >= 0.6 is 11.3 Å². The number of likely N-dealkylation sites (tertiary alicyclic amines) is 1. The summed E-state index contributed by atoms with van der Waals surface area (Å²) in [6.45, 7) is 2.93. The van der Waals surface area contributed by atoms with Crippen LogP contribution in [0.5, 0.6) is 11.5 Å². The number of nitrogens with zero attached hydrogens (tertiary/aromatic N) is 2. The lowest BCUT2D eigenvalue weighted by Gasteiger charge is -2.27. The fraction of sp³-hybridized carbons (Fsp3) is 0.455. The maximum absolute atomic E-state index is 13.2. The Morgan fingerprint density at radius 3 is 2.73 bits per heavy atom. The van der Waals surface area contributed by atoms with E-state index in [4.69, 9.17) is 14.2 Å². The highest BCUT2D eigenvalue weighted by atomic mass is 32.1. The Balaban J connectivity index is 1.44. The second-order valence-electron chi connectivity index (χ2n) is 7.32. The minimum absolute atomic E-state index is 0.0138. The Bertz CT molecular complexity index is 880. The molecule has 2 amide bonds. The maximum atomic E-state index is 13.2. The summed E-state index contributed by atoms with van der Waals surface area (Å²) >= 11 is 1.69. The van der Waals surface area contributed by atoms with Crippen molar-refractivity contribution in [3.8, 4) is 11.5 Å². The number of hydrogen-bond acceptors (Lipinski definition) is 6. The van der Waals surface area contributed by atoms with Crippen molar-refractivity contribution in [2.75, 3.05) is 46.6 Å². The number of methoxy groups -OCH3 is 1. The zero-order chi connectivity index (χ0) is 20.9. The van der Waals surface area contributed by atoms with Crippen molar-refractivity contribution in [1.82, 2.24) is 9.80 Å². The van der Waals surface area contributed by atoms with Crippen LogP contribution in [0.3, 0.4) is 0 Å². The predicted octanol–water partition coefficient (Wildman–Crippen LogP) is 2.97. The average molecular weight is 431 g/mol. The van der Waals surface area contributed by atoms with E-state index in [1.165, 1.54) is 12.0 Å². The highest BCUT2D eigenvalue weighted by molar-refractivity contribution is 7.10. The molecular formula is C22H26N2O5S. The number of carbonyl (C=O) groups is 2. The number of carbonyl (C=O) groups excluding carboxylic acids is 2. The van der Waals surface area contributed by atoms with Gasteiger partial charge in [0.05, 0.1) is 26.4 Å². The molecule has 2 fully saturated rings. The lowest BCUT2D eigenvalue weighted by molar-refractivity contribution is -0.137. The minimum Gasteiger partial charge on any atom is -0.493 e. The van der Waals surface area contributed by atoms with Crippen LogP contribution in [-0.2, 0) is 9.53 Å². The van der Waals surface area contributed by atoms with Crippen molar-refractivity contribution in [3.05, 3.63) is 46.2 Å². The topological polar surface area (TPSA) is 68.3 Å². The SMILES string of the molecule is COc1cc(C(=O)N2CCCC2c2cccs2)ccc1OCC(=O)N1CCOCC1. The van der Waals surface area contributed by atoms with Crippen molar-refractivity contribution in [2.45, 2.75) is 18.9 Å². The molecule has 1 atom stereocenters. The van der Waals surface area contributed by atoms with Gasteiger partial charge in [-0.25, -0.2) is 0 Å². The van der Waals surface area contributed by atoms with Gasteiger partial charge >= 0.3 is 0 Å². The lowest BCUT2D eigenvalue weighted by Crippen LogP contribution is -2.43. The van der Waals surface area contributed by atoms with Gasteiger partial charge in [-0.05, 0) is 42.5 Å². The fourth-order valence-electron chi connectivity index (χ4n) is 3.92. The van der Waals surface area contributed by atoms with Crippen molar-refractivity contribution in [1.29, 1.82) is 0 Å². The Kier molecular flexibility index (Phi) is 6.54. The van der Waals surface area contributed by atoms with Crippen LogP contribution in [0.15, 0.2) is 35.7 Å².